The summed E-state index contributed by atoms with van der Waals surface area (Å²) in [5, 5.41) is 3.78. The normalized spacial score (nSPS) is 16.4. The predicted octanol–water partition coefficient (Wildman–Crippen LogP) is 4.74. The van der Waals surface area contributed by atoms with Gasteiger partial charge in [-0.25, -0.2) is 4.39 Å². The topological polar surface area (TPSA) is 18.5 Å². The molecule has 1 aliphatic rings. The van der Waals surface area contributed by atoms with Crippen molar-refractivity contribution < 1.29 is 4.39 Å². The second-order valence-corrected chi connectivity index (χ2v) is 8.03. The summed E-state index contributed by atoms with van der Waals surface area (Å²) in [5.74, 6) is 0.359. The third-order valence-corrected chi connectivity index (χ3v) is 5.33. The van der Waals surface area contributed by atoms with Gasteiger partial charge in [0, 0.05) is 31.7 Å². The lowest BCUT2D eigenvalue weighted by atomic mass is 10.0. The van der Waals surface area contributed by atoms with Crippen LogP contribution in [0.2, 0.25) is 0 Å². The molecule has 1 aliphatic heterocycles. The highest BCUT2D eigenvalue weighted by atomic mass is 32.1. The number of thiocarbonyl (C=S) groups is 1. The molecule has 3 nitrogen and oxygen atoms in total. The molecule has 2 rings (SSSR count). The van der Waals surface area contributed by atoms with Crippen LogP contribution in [0.1, 0.15) is 47.0 Å². The summed E-state index contributed by atoms with van der Waals surface area (Å²) < 4.78 is 14.0. The summed E-state index contributed by atoms with van der Waals surface area (Å²) in [6.07, 6.45) is 3.30. The van der Waals surface area contributed by atoms with Gasteiger partial charge in [-0.2, -0.15) is 0 Å². The van der Waals surface area contributed by atoms with Crippen molar-refractivity contribution in [2.45, 2.75) is 59.0 Å². The summed E-state index contributed by atoms with van der Waals surface area (Å²) in [5.41, 5.74) is 0.460. The van der Waals surface area contributed by atoms with Crippen molar-refractivity contribution in [2.75, 3.05) is 25.0 Å². The van der Waals surface area contributed by atoms with Crippen molar-refractivity contribution >= 4 is 23.0 Å². The highest BCUT2D eigenvalue weighted by molar-refractivity contribution is 7.80. The van der Waals surface area contributed by atoms with Crippen LogP contribution in [0, 0.1) is 11.7 Å². The first kappa shape index (κ1) is 20.1. The molecule has 0 unspecified atom stereocenters. The zero-order valence-corrected chi connectivity index (χ0v) is 16.8. The van der Waals surface area contributed by atoms with E-state index in [1.54, 1.807) is 12.1 Å². The Morgan fingerprint density at radius 2 is 1.88 bits per heavy atom. The van der Waals surface area contributed by atoms with Gasteiger partial charge in [0.15, 0.2) is 5.11 Å². The minimum absolute atomic E-state index is 0.261. The monoisotopic (exact) mass is 365 g/mol. The lowest BCUT2D eigenvalue weighted by Gasteiger charge is -2.41. The van der Waals surface area contributed by atoms with Crippen LogP contribution in [-0.2, 0) is 0 Å². The first-order valence-corrected chi connectivity index (χ1v) is 9.85. The highest BCUT2D eigenvalue weighted by Crippen LogP contribution is 2.21. The Hall–Kier alpha value is -1.20. The number of para-hydroxylation sites is 1. The number of nitrogens with zero attached hydrogens (tertiary/aromatic N) is 2. The SMILES string of the molecule is CC(C)CCN(C(=S)Nc1ccccc1F)C1CCN(C(C)C)CC1. The number of hydrogen-bond acceptors (Lipinski definition) is 2. The lowest BCUT2D eigenvalue weighted by molar-refractivity contribution is 0.126. The average molecular weight is 366 g/mol. The van der Waals surface area contributed by atoms with Gasteiger partial charge in [0.2, 0.25) is 0 Å². The number of nitrogens with one attached hydrogen (secondary N) is 1. The van der Waals surface area contributed by atoms with Crippen molar-refractivity contribution in [2.24, 2.45) is 5.92 Å². The third-order valence-electron chi connectivity index (χ3n) is 4.99. The van der Waals surface area contributed by atoms with Crippen LogP contribution in [0.3, 0.4) is 0 Å². The van der Waals surface area contributed by atoms with Crippen LogP contribution in [0.4, 0.5) is 10.1 Å². The number of piperidine rings is 1. The molecule has 1 N–H and O–H groups in total. The van der Waals surface area contributed by atoms with E-state index in [1.165, 1.54) is 6.07 Å². The molecule has 5 heteroatoms. The molecule has 0 spiro atoms. The molecule has 25 heavy (non-hydrogen) atoms. The number of hydrogen-bond donors (Lipinski definition) is 1. The largest absolute Gasteiger partial charge is 0.346 e. The van der Waals surface area contributed by atoms with Gasteiger partial charge < -0.3 is 15.1 Å². The average Bonchev–Trinajstić information content (AvgIpc) is 2.57. The molecule has 0 bridgehead atoms. The number of anilines is 1. The van der Waals surface area contributed by atoms with Crippen LogP contribution in [0.15, 0.2) is 24.3 Å². The van der Waals surface area contributed by atoms with Gasteiger partial charge in [-0.15, -0.1) is 0 Å². The van der Waals surface area contributed by atoms with Gasteiger partial charge in [-0.3, -0.25) is 0 Å². The van der Waals surface area contributed by atoms with Crippen LogP contribution in [0.5, 0.6) is 0 Å². The molecule has 0 saturated carbocycles. The van der Waals surface area contributed by atoms with E-state index in [0.717, 1.165) is 38.9 Å². The quantitative estimate of drug-likeness (QED) is 0.734. The molecular formula is C20H32FN3S. The summed E-state index contributed by atoms with van der Waals surface area (Å²) >= 11 is 5.67. The maximum atomic E-state index is 14.0. The molecule has 1 aromatic rings. The maximum Gasteiger partial charge on any atom is 0.173 e. The zero-order chi connectivity index (χ0) is 18.4. The molecule has 0 amide bonds. The van der Waals surface area contributed by atoms with Gasteiger partial charge in [0.1, 0.15) is 5.82 Å². The first-order valence-electron chi connectivity index (χ1n) is 9.44. The zero-order valence-electron chi connectivity index (χ0n) is 16.0. The van der Waals surface area contributed by atoms with Crippen LogP contribution in [0.25, 0.3) is 0 Å². The smallest absolute Gasteiger partial charge is 0.173 e. The Morgan fingerprint density at radius 1 is 1.24 bits per heavy atom. The van der Waals surface area contributed by atoms with Gasteiger partial charge >= 0.3 is 0 Å². The van der Waals surface area contributed by atoms with Gasteiger partial charge in [0.25, 0.3) is 0 Å². The van der Waals surface area contributed by atoms with E-state index >= 15 is 0 Å². The standard InChI is InChI=1S/C20H32FN3S/c1-15(2)9-14-24(17-10-12-23(13-11-17)16(3)4)20(25)22-19-8-6-5-7-18(19)21/h5-8,15-17H,9-14H2,1-4H3,(H,22,25). The molecule has 0 aromatic heterocycles. The Morgan fingerprint density at radius 3 is 2.44 bits per heavy atom. The number of likely N-dealkylation sites (tertiary alicyclic amines) is 1. The minimum atomic E-state index is -0.261. The van der Waals surface area contributed by atoms with E-state index in [-0.39, 0.29) is 5.82 Å². The van der Waals surface area contributed by atoms with Crippen LogP contribution < -0.4 is 5.32 Å². The predicted molar refractivity (Wildman–Crippen MR) is 109 cm³/mol. The van der Waals surface area contributed by atoms with Crippen molar-refractivity contribution in [3.63, 3.8) is 0 Å². The van der Waals surface area contributed by atoms with E-state index in [2.05, 4.69) is 42.8 Å². The summed E-state index contributed by atoms with van der Waals surface area (Å²) in [7, 11) is 0. The molecule has 1 fully saturated rings. The Balaban J connectivity index is 2.04. The van der Waals surface area contributed by atoms with E-state index in [9.17, 15) is 4.39 Å². The molecule has 0 aliphatic carbocycles. The first-order chi connectivity index (χ1) is 11.9. The van der Waals surface area contributed by atoms with Crippen LogP contribution >= 0.6 is 12.2 Å². The van der Waals surface area contributed by atoms with Crippen LogP contribution in [-0.4, -0.2) is 46.6 Å². The van der Waals surface area contributed by atoms with Gasteiger partial charge in [-0.1, -0.05) is 26.0 Å². The fourth-order valence-electron chi connectivity index (χ4n) is 3.31. The fraction of sp³-hybridized carbons (Fsp3) is 0.650. The van der Waals surface area contributed by atoms with Crippen molar-refractivity contribution in [3.8, 4) is 0 Å². The Kier molecular flexibility index (Phi) is 7.63. The summed E-state index contributed by atoms with van der Waals surface area (Å²) in [4.78, 5) is 4.81. The van der Waals surface area contributed by atoms with Crippen molar-refractivity contribution in [3.05, 3.63) is 30.1 Å². The molecular weight excluding hydrogens is 333 g/mol. The second-order valence-electron chi connectivity index (χ2n) is 7.65. The maximum absolute atomic E-state index is 14.0. The molecule has 0 radical (unpaired) electrons. The lowest BCUT2D eigenvalue weighted by Crippen LogP contribution is -2.50. The number of benzene rings is 1. The van der Waals surface area contributed by atoms with Crippen molar-refractivity contribution in [1.29, 1.82) is 0 Å². The molecule has 0 atom stereocenters. The van der Waals surface area contributed by atoms with E-state index < -0.39 is 0 Å². The Bertz CT molecular complexity index is 554. The molecule has 1 saturated heterocycles. The fourth-order valence-corrected chi connectivity index (χ4v) is 3.66. The van der Waals surface area contributed by atoms with Gasteiger partial charge in [-0.05, 0) is 63.4 Å². The van der Waals surface area contributed by atoms with E-state index in [0.29, 0.717) is 28.8 Å². The third kappa shape index (κ3) is 5.93. The highest BCUT2D eigenvalue weighted by Gasteiger charge is 2.27. The number of halogens is 1. The molecule has 1 heterocycles. The minimum Gasteiger partial charge on any atom is -0.346 e. The summed E-state index contributed by atoms with van der Waals surface area (Å²) in [6, 6.07) is 7.75. The number of rotatable bonds is 6. The second kappa shape index (κ2) is 9.48. The summed E-state index contributed by atoms with van der Waals surface area (Å²) in [6.45, 7) is 12.1. The van der Waals surface area contributed by atoms with E-state index in [4.69, 9.17) is 12.2 Å². The van der Waals surface area contributed by atoms with E-state index in [1.807, 2.05) is 6.07 Å². The van der Waals surface area contributed by atoms with Crippen molar-refractivity contribution in [1.82, 2.24) is 9.80 Å². The van der Waals surface area contributed by atoms with Gasteiger partial charge in [0.05, 0.1) is 5.69 Å². The Labute approximate surface area is 157 Å². The molecule has 1 aromatic carbocycles. The molecule has 140 valence electrons.